The minimum absolute atomic E-state index is 0.0388. The number of unbranched alkanes of at least 4 members (excludes halogenated alkanes) is 9. The maximum Gasteiger partial charge on any atom is 0.311 e. The van der Waals surface area contributed by atoms with Gasteiger partial charge in [0.25, 0.3) is 0 Å². The average molecular weight is 322 g/mol. The van der Waals surface area contributed by atoms with Gasteiger partial charge in [-0.1, -0.05) is 64.7 Å². The average Bonchev–Trinajstić information content (AvgIpc) is 2.52. The Labute approximate surface area is 139 Å². The number of hydrogen-bond acceptors (Lipinski definition) is 5. The summed E-state index contributed by atoms with van der Waals surface area (Å²) in [5.74, 6) is 0.562. The monoisotopic (exact) mass is 322 g/mol. The van der Waals surface area contributed by atoms with Gasteiger partial charge in [-0.3, -0.25) is 10.1 Å². The third-order valence-corrected chi connectivity index (χ3v) is 3.94. The second-order valence-corrected chi connectivity index (χ2v) is 5.97. The molecule has 130 valence electrons. The van der Waals surface area contributed by atoms with Gasteiger partial charge in [-0.25, -0.2) is 4.98 Å². The Bertz CT molecular complexity index is 466. The number of hydrogen-bond donors (Lipinski definition) is 2. The Morgan fingerprint density at radius 2 is 1.61 bits per heavy atom. The number of rotatable bonds is 13. The highest BCUT2D eigenvalue weighted by atomic mass is 16.6. The van der Waals surface area contributed by atoms with Gasteiger partial charge in [0.05, 0.1) is 4.92 Å². The molecule has 1 aromatic rings. The van der Waals surface area contributed by atoms with Crippen LogP contribution in [0.1, 0.15) is 71.1 Å². The van der Waals surface area contributed by atoms with Crippen LogP contribution < -0.4 is 11.1 Å². The highest BCUT2D eigenvalue weighted by Crippen LogP contribution is 2.20. The molecule has 0 fully saturated rings. The standard InChI is InChI=1S/C17H30N4O2/c1-2-3-4-5-6-7-8-9-10-11-14-19-16-13-12-15(21(22)23)17(18)20-16/h12-13H,2-11,14H2,1H3,(H3,18,19,20). The van der Waals surface area contributed by atoms with E-state index in [-0.39, 0.29) is 11.5 Å². The molecule has 0 aliphatic rings. The summed E-state index contributed by atoms with van der Waals surface area (Å²) in [4.78, 5) is 14.1. The molecule has 0 aliphatic carbocycles. The van der Waals surface area contributed by atoms with Crippen LogP contribution >= 0.6 is 0 Å². The van der Waals surface area contributed by atoms with Gasteiger partial charge in [-0.2, -0.15) is 0 Å². The van der Waals surface area contributed by atoms with Crippen molar-refractivity contribution in [2.24, 2.45) is 0 Å². The third kappa shape index (κ3) is 8.38. The van der Waals surface area contributed by atoms with Gasteiger partial charge in [-0.15, -0.1) is 0 Å². The summed E-state index contributed by atoms with van der Waals surface area (Å²) in [5.41, 5.74) is 5.41. The Hall–Kier alpha value is -1.85. The molecule has 0 radical (unpaired) electrons. The molecule has 1 rings (SSSR count). The quantitative estimate of drug-likeness (QED) is 0.306. The van der Waals surface area contributed by atoms with Crippen LogP contribution in [0.4, 0.5) is 17.3 Å². The molecule has 0 unspecified atom stereocenters. The lowest BCUT2D eigenvalue weighted by molar-refractivity contribution is -0.384. The van der Waals surface area contributed by atoms with E-state index in [4.69, 9.17) is 5.73 Å². The van der Waals surface area contributed by atoms with E-state index in [0.29, 0.717) is 5.82 Å². The molecule has 1 aromatic heterocycles. The van der Waals surface area contributed by atoms with Crippen molar-refractivity contribution in [3.05, 3.63) is 22.2 Å². The molecule has 3 N–H and O–H groups in total. The highest BCUT2D eigenvalue weighted by Gasteiger charge is 2.12. The molecule has 0 spiro atoms. The van der Waals surface area contributed by atoms with Crippen molar-refractivity contribution in [3.63, 3.8) is 0 Å². The van der Waals surface area contributed by atoms with Crippen LogP contribution in [0.25, 0.3) is 0 Å². The van der Waals surface area contributed by atoms with Crippen molar-refractivity contribution in [1.29, 1.82) is 0 Å². The second-order valence-electron chi connectivity index (χ2n) is 5.97. The fourth-order valence-corrected chi connectivity index (χ4v) is 2.55. The summed E-state index contributed by atoms with van der Waals surface area (Å²) < 4.78 is 0. The van der Waals surface area contributed by atoms with Crippen molar-refractivity contribution < 1.29 is 4.92 Å². The number of nitrogen functional groups attached to an aromatic ring is 1. The number of anilines is 2. The first kappa shape index (κ1) is 19.2. The fourth-order valence-electron chi connectivity index (χ4n) is 2.55. The van der Waals surface area contributed by atoms with Crippen molar-refractivity contribution >= 4 is 17.3 Å². The number of nitro groups is 1. The molecule has 0 bridgehead atoms. The predicted octanol–water partition coefficient (Wildman–Crippen LogP) is 4.90. The zero-order valence-electron chi connectivity index (χ0n) is 14.2. The van der Waals surface area contributed by atoms with E-state index in [1.807, 2.05) is 0 Å². The molecule has 6 nitrogen and oxygen atoms in total. The van der Waals surface area contributed by atoms with Gasteiger partial charge >= 0.3 is 5.69 Å². The lowest BCUT2D eigenvalue weighted by Crippen LogP contribution is -2.06. The van der Waals surface area contributed by atoms with Crippen molar-refractivity contribution in [3.8, 4) is 0 Å². The SMILES string of the molecule is CCCCCCCCCCCCNc1ccc([N+](=O)[O-])c(N)n1. The van der Waals surface area contributed by atoms with E-state index >= 15 is 0 Å². The highest BCUT2D eigenvalue weighted by molar-refractivity contribution is 5.57. The van der Waals surface area contributed by atoms with Crippen LogP contribution in [0.2, 0.25) is 0 Å². The van der Waals surface area contributed by atoms with Crippen LogP contribution in [0.5, 0.6) is 0 Å². The first-order chi connectivity index (χ1) is 11.1. The van der Waals surface area contributed by atoms with Crippen LogP contribution in [-0.2, 0) is 0 Å². The summed E-state index contributed by atoms with van der Waals surface area (Å²) in [6.07, 6.45) is 13.0. The molecule has 23 heavy (non-hydrogen) atoms. The number of nitrogens with two attached hydrogens (primary N) is 1. The normalized spacial score (nSPS) is 10.7. The van der Waals surface area contributed by atoms with Gasteiger partial charge in [0.2, 0.25) is 5.82 Å². The van der Waals surface area contributed by atoms with E-state index in [9.17, 15) is 10.1 Å². The van der Waals surface area contributed by atoms with Gasteiger partial charge in [0.15, 0.2) is 0 Å². The predicted molar refractivity (Wildman–Crippen MR) is 95.6 cm³/mol. The first-order valence-electron chi connectivity index (χ1n) is 8.80. The molecular weight excluding hydrogens is 292 g/mol. The minimum Gasteiger partial charge on any atom is -0.378 e. The van der Waals surface area contributed by atoms with Gasteiger partial charge in [-0.05, 0) is 12.5 Å². The molecule has 0 amide bonds. The summed E-state index contributed by atoms with van der Waals surface area (Å²) in [5, 5.41) is 13.8. The van der Waals surface area contributed by atoms with Gasteiger partial charge in [0.1, 0.15) is 5.82 Å². The lowest BCUT2D eigenvalue weighted by atomic mass is 10.1. The smallest absolute Gasteiger partial charge is 0.311 e. The Kier molecular flexibility index (Phi) is 9.75. The zero-order chi connectivity index (χ0) is 16.9. The topological polar surface area (TPSA) is 94.1 Å². The Morgan fingerprint density at radius 3 is 2.13 bits per heavy atom. The molecule has 0 aromatic carbocycles. The first-order valence-corrected chi connectivity index (χ1v) is 8.80. The minimum atomic E-state index is -0.519. The fraction of sp³-hybridized carbons (Fsp3) is 0.706. The van der Waals surface area contributed by atoms with Crippen molar-refractivity contribution in [2.45, 2.75) is 71.1 Å². The maximum atomic E-state index is 10.7. The Balaban J connectivity index is 2.03. The van der Waals surface area contributed by atoms with Gasteiger partial charge < -0.3 is 11.1 Å². The van der Waals surface area contributed by atoms with E-state index in [2.05, 4.69) is 17.2 Å². The summed E-state index contributed by atoms with van der Waals surface area (Å²) >= 11 is 0. The second kappa shape index (κ2) is 11.7. The van der Waals surface area contributed by atoms with Gasteiger partial charge in [0, 0.05) is 12.6 Å². The van der Waals surface area contributed by atoms with Crippen LogP contribution in [0.15, 0.2) is 12.1 Å². The van der Waals surface area contributed by atoms with E-state index in [0.717, 1.165) is 13.0 Å². The number of pyridine rings is 1. The molecule has 0 atom stereocenters. The van der Waals surface area contributed by atoms with Crippen molar-refractivity contribution in [2.75, 3.05) is 17.6 Å². The molecule has 0 saturated heterocycles. The van der Waals surface area contributed by atoms with Crippen LogP contribution in [0.3, 0.4) is 0 Å². The molecule has 6 heteroatoms. The number of aromatic nitrogens is 1. The molecular formula is C17H30N4O2. The van der Waals surface area contributed by atoms with E-state index in [1.165, 1.54) is 63.9 Å². The van der Waals surface area contributed by atoms with Crippen LogP contribution in [-0.4, -0.2) is 16.5 Å². The zero-order valence-corrected chi connectivity index (χ0v) is 14.2. The Morgan fingerprint density at radius 1 is 1.04 bits per heavy atom. The number of nitrogens with zero attached hydrogens (tertiary/aromatic N) is 2. The summed E-state index contributed by atoms with van der Waals surface area (Å²) in [7, 11) is 0. The number of nitrogens with one attached hydrogen (secondary N) is 1. The maximum absolute atomic E-state index is 10.7. The molecule has 0 saturated carbocycles. The van der Waals surface area contributed by atoms with E-state index in [1.54, 1.807) is 6.07 Å². The summed E-state index contributed by atoms with van der Waals surface area (Å²) in [6, 6.07) is 2.99. The largest absolute Gasteiger partial charge is 0.378 e. The molecule has 0 aliphatic heterocycles. The lowest BCUT2D eigenvalue weighted by Gasteiger charge is -2.06. The third-order valence-electron chi connectivity index (χ3n) is 3.94. The van der Waals surface area contributed by atoms with E-state index < -0.39 is 4.92 Å². The van der Waals surface area contributed by atoms with Crippen molar-refractivity contribution in [1.82, 2.24) is 4.98 Å². The molecule has 1 heterocycles. The van der Waals surface area contributed by atoms with Crippen LogP contribution in [0, 0.1) is 10.1 Å². The summed E-state index contributed by atoms with van der Waals surface area (Å²) in [6.45, 7) is 3.06.